The molecule has 0 fully saturated rings. The van der Waals surface area contributed by atoms with Gasteiger partial charge in [0.15, 0.2) is 6.29 Å². The summed E-state index contributed by atoms with van der Waals surface area (Å²) in [5, 5.41) is 7.63. The molecule has 0 saturated heterocycles. The fourth-order valence-electron chi connectivity index (χ4n) is 7.27. The molecule has 2 nitrogen and oxygen atoms in total. The van der Waals surface area contributed by atoms with Crippen LogP contribution in [0, 0.1) is 0 Å². The van der Waals surface area contributed by atoms with Gasteiger partial charge in [-0.3, -0.25) is 9.59 Å². The summed E-state index contributed by atoms with van der Waals surface area (Å²) < 4.78 is 0. The van der Waals surface area contributed by atoms with Crippen molar-refractivity contribution in [2.75, 3.05) is 0 Å². The van der Waals surface area contributed by atoms with Crippen molar-refractivity contribution in [1.82, 2.24) is 0 Å². The van der Waals surface area contributed by atoms with Crippen LogP contribution in [0.15, 0.2) is 84.9 Å². The molecular weight excluding hydrogens is 480 g/mol. The van der Waals surface area contributed by atoms with Gasteiger partial charge in [-0.05, 0) is 78.3 Å². The molecule has 5 rings (SSSR count). The van der Waals surface area contributed by atoms with E-state index < -0.39 is 13.9 Å². The van der Waals surface area contributed by atoms with Crippen LogP contribution < -0.4 is 5.19 Å². The van der Waals surface area contributed by atoms with Crippen LogP contribution in [-0.4, -0.2) is 20.1 Å². The van der Waals surface area contributed by atoms with Gasteiger partial charge in [0, 0.05) is 5.56 Å². The lowest BCUT2D eigenvalue weighted by atomic mass is 9.92. The molecular formula is C35H36O2Si. The van der Waals surface area contributed by atoms with Gasteiger partial charge in [-0.25, -0.2) is 0 Å². The van der Waals surface area contributed by atoms with Crippen LogP contribution in [0.4, 0.5) is 0 Å². The van der Waals surface area contributed by atoms with E-state index >= 15 is 0 Å². The number of rotatable bonds is 7. The SMILES string of the molecule is CC(C)[Si](c1ccc2ccc(-c3ccc4c(C(=O)C=O)c5ccccc5cc4c3)cc2c1)(C(C)C)C(C)C. The summed E-state index contributed by atoms with van der Waals surface area (Å²) in [6, 6.07) is 29.9. The molecule has 3 heteroatoms. The van der Waals surface area contributed by atoms with Gasteiger partial charge < -0.3 is 0 Å². The maximum atomic E-state index is 12.6. The number of Topliss-reactive ketones (excluding diaryl/α,β-unsaturated/α-hetero) is 1. The predicted molar refractivity (Wildman–Crippen MR) is 165 cm³/mol. The molecule has 0 N–H and O–H groups in total. The van der Waals surface area contributed by atoms with Crippen molar-refractivity contribution in [2.24, 2.45) is 0 Å². The monoisotopic (exact) mass is 516 g/mol. The molecule has 0 unspecified atom stereocenters. The molecule has 0 saturated carbocycles. The molecule has 0 heterocycles. The Labute approximate surface area is 226 Å². The molecule has 192 valence electrons. The molecule has 38 heavy (non-hydrogen) atoms. The normalized spacial score (nSPS) is 12.3. The van der Waals surface area contributed by atoms with Crippen molar-refractivity contribution in [1.29, 1.82) is 0 Å². The fraction of sp³-hybridized carbons (Fsp3) is 0.257. The van der Waals surface area contributed by atoms with Crippen LogP contribution in [0.3, 0.4) is 0 Å². The highest BCUT2D eigenvalue weighted by Crippen LogP contribution is 2.41. The average molecular weight is 517 g/mol. The molecule has 5 aromatic rings. The number of carbonyl (C=O) groups is 2. The second-order valence-corrected chi connectivity index (χ2v) is 17.5. The zero-order valence-electron chi connectivity index (χ0n) is 23.2. The van der Waals surface area contributed by atoms with Crippen molar-refractivity contribution < 1.29 is 9.59 Å². The van der Waals surface area contributed by atoms with Crippen molar-refractivity contribution in [2.45, 2.75) is 58.2 Å². The van der Waals surface area contributed by atoms with E-state index in [0.717, 1.165) is 32.7 Å². The molecule has 5 aromatic carbocycles. The lowest BCUT2D eigenvalue weighted by Gasteiger charge is -2.43. The summed E-state index contributed by atoms with van der Waals surface area (Å²) >= 11 is 0. The number of carbonyl (C=O) groups excluding carboxylic acids is 2. The topological polar surface area (TPSA) is 34.1 Å². The van der Waals surface area contributed by atoms with Gasteiger partial charge in [-0.2, -0.15) is 0 Å². The second-order valence-electron chi connectivity index (χ2n) is 11.6. The number of fused-ring (bicyclic) bond motifs is 3. The van der Waals surface area contributed by atoms with E-state index in [-0.39, 0.29) is 0 Å². The third kappa shape index (κ3) is 4.10. The zero-order valence-corrected chi connectivity index (χ0v) is 24.2. The Hall–Kier alpha value is -3.56. The van der Waals surface area contributed by atoms with Crippen molar-refractivity contribution in [3.8, 4) is 11.1 Å². The first-order valence-corrected chi connectivity index (χ1v) is 15.9. The van der Waals surface area contributed by atoms with Crippen LogP contribution in [-0.2, 0) is 4.79 Å². The lowest BCUT2D eigenvalue weighted by molar-refractivity contribution is -0.104. The second kappa shape index (κ2) is 9.96. The standard InChI is InChI=1S/C35H36O2Si/c1-22(2)38(23(3)4,24(5)6)31-15-13-25-11-12-26(17-29(25)20-31)27-14-16-33-30(18-27)19-28-9-7-8-10-32(28)35(33)34(37)21-36/h7-24H,1-6H3. The molecule has 0 aliphatic carbocycles. The molecule has 0 aliphatic rings. The number of aldehydes is 1. The maximum absolute atomic E-state index is 12.6. The van der Waals surface area contributed by atoms with Crippen molar-refractivity contribution in [3.63, 3.8) is 0 Å². The van der Waals surface area contributed by atoms with Gasteiger partial charge >= 0.3 is 0 Å². The van der Waals surface area contributed by atoms with Gasteiger partial charge in [0.1, 0.15) is 0 Å². The third-order valence-electron chi connectivity index (χ3n) is 8.76. The van der Waals surface area contributed by atoms with E-state index in [1.807, 2.05) is 30.3 Å². The van der Waals surface area contributed by atoms with Crippen LogP contribution in [0.2, 0.25) is 16.6 Å². The van der Waals surface area contributed by atoms with Crippen LogP contribution in [0.5, 0.6) is 0 Å². The average Bonchev–Trinajstić information content (AvgIpc) is 2.90. The van der Waals surface area contributed by atoms with Crippen molar-refractivity contribution in [3.05, 3.63) is 90.5 Å². The minimum atomic E-state index is -1.76. The Morgan fingerprint density at radius 1 is 0.605 bits per heavy atom. The number of hydrogen-bond acceptors (Lipinski definition) is 2. The largest absolute Gasteiger partial charge is 0.294 e. The van der Waals surface area contributed by atoms with E-state index in [9.17, 15) is 9.59 Å². The minimum absolute atomic E-state index is 0.421. The first kappa shape index (κ1) is 26.1. The van der Waals surface area contributed by atoms with Crippen LogP contribution in [0.25, 0.3) is 43.4 Å². The van der Waals surface area contributed by atoms with Crippen LogP contribution in [0.1, 0.15) is 51.9 Å². The quantitative estimate of drug-likeness (QED) is 0.0711. The molecule has 0 aromatic heterocycles. The van der Waals surface area contributed by atoms with Gasteiger partial charge in [-0.1, -0.05) is 113 Å². The van der Waals surface area contributed by atoms with E-state index in [1.54, 1.807) is 5.19 Å². The smallest absolute Gasteiger partial charge is 0.226 e. The Bertz CT molecular complexity index is 1670. The van der Waals surface area contributed by atoms with Gasteiger partial charge in [0.2, 0.25) is 5.78 Å². The zero-order chi connectivity index (χ0) is 27.2. The van der Waals surface area contributed by atoms with E-state index in [0.29, 0.717) is 28.5 Å². The molecule has 0 spiro atoms. The molecule has 0 amide bonds. The molecule has 0 radical (unpaired) electrons. The first-order valence-electron chi connectivity index (χ1n) is 13.7. The van der Waals surface area contributed by atoms with Gasteiger partial charge in [0.25, 0.3) is 0 Å². The number of benzene rings is 5. The lowest BCUT2D eigenvalue weighted by Crippen LogP contribution is -2.55. The Morgan fingerprint density at radius 2 is 1.18 bits per heavy atom. The molecule has 0 bridgehead atoms. The van der Waals surface area contributed by atoms with E-state index in [2.05, 4.69) is 96.1 Å². The summed E-state index contributed by atoms with van der Waals surface area (Å²) in [6.07, 6.45) is 0.421. The number of hydrogen-bond donors (Lipinski definition) is 0. The predicted octanol–water partition coefficient (Wildman–Crippen LogP) is 9.08. The summed E-state index contributed by atoms with van der Waals surface area (Å²) in [5.74, 6) is -0.481. The summed E-state index contributed by atoms with van der Waals surface area (Å²) in [5.41, 5.74) is 4.70. The number of ketones is 1. The first-order chi connectivity index (χ1) is 18.2. The third-order valence-corrected chi connectivity index (χ3v) is 15.8. The van der Waals surface area contributed by atoms with Gasteiger partial charge in [0.05, 0.1) is 8.07 Å². The molecule has 0 aliphatic heterocycles. The highest BCUT2D eigenvalue weighted by molar-refractivity contribution is 6.95. The highest BCUT2D eigenvalue weighted by Gasteiger charge is 2.44. The Balaban J connectivity index is 1.68. The highest BCUT2D eigenvalue weighted by atomic mass is 28.3. The van der Waals surface area contributed by atoms with Crippen molar-refractivity contribution >= 4 is 57.6 Å². The van der Waals surface area contributed by atoms with Gasteiger partial charge in [-0.15, -0.1) is 0 Å². The molecule has 0 atom stereocenters. The maximum Gasteiger partial charge on any atom is 0.226 e. The Morgan fingerprint density at radius 3 is 1.84 bits per heavy atom. The fourth-order valence-corrected chi connectivity index (χ4v) is 14.1. The summed E-state index contributed by atoms with van der Waals surface area (Å²) in [7, 11) is -1.76. The summed E-state index contributed by atoms with van der Waals surface area (Å²) in [6.45, 7) is 14.5. The van der Waals surface area contributed by atoms with Crippen LogP contribution >= 0.6 is 0 Å². The van der Waals surface area contributed by atoms with E-state index in [4.69, 9.17) is 0 Å². The minimum Gasteiger partial charge on any atom is -0.294 e. The summed E-state index contributed by atoms with van der Waals surface area (Å²) in [4.78, 5) is 24.1. The Kier molecular flexibility index (Phi) is 6.83. The van der Waals surface area contributed by atoms with E-state index in [1.165, 1.54) is 10.8 Å².